The van der Waals surface area contributed by atoms with E-state index in [0.29, 0.717) is 6.42 Å². The molecule has 1 aliphatic rings. The molecule has 2 rings (SSSR count). The first-order valence-corrected chi connectivity index (χ1v) is 9.20. The molecule has 0 saturated carbocycles. The van der Waals surface area contributed by atoms with Crippen LogP contribution in [0.1, 0.15) is 43.2 Å². The molecule has 120 valence electrons. The SMILES string of the molecule is CCCS(=O)(=O)NC1CCN(Cc2c(C)noc2C)CC1. The third kappa shape index (κ3) is 4.52. The number of aryl methyl sites for hydroxylation is 2. The van der Waals surface area contributed by atoms with Crippen LogP contribution in [0.4, 0.5) is 0 Å². The van der Waals surface area contributed by atoms with Crippen LogP contribution in [-0.4, -0.2) is 43.4 Å². The van der Waals surface area contributed by atoms with Gasteiger partial charge in [0, 0.05) is 31.2 Å². The maximum atomic E-state index is 11.8. The zero-order chi connectivity index (χ0) is 15.5. The molecule has 1 saturated heterocycles. The van der Waals surface area contributed by atoms with Crippen LogP contribution in [0.3, 0.4) is 0 Å². The smallest absolute Gasteiger partial charge is 0.211 e. The second kappa shape index (κ2) is 6.89. The number of nitrogens with zero attached hydrogens (tertiary/aromatic N) is 2. The Labute approximate surface area is 126 Å². The average Bonchev–Trinajstić information content (AvgIpc) is 2.72. The van der Waals surface area contributed by atoms with Crippen molar-refractivity contribution in [1.29, 1.82) is 0 Å². The molecule has 0 unspecified atom stereocenters. The fourth-order valence-electron chi connectivity index (χ4n) is 2.74. The fraction of sp³-hybridized carbons (Fsp3) is 0.786. The van der Waals surface area contributed by atoms with Crippen LogP contribution in [0.25, 0.3) is 0 Å². The fourth-order valence-corrected chi connectivity index (χ4v) is 4.14. The highest BCUT2D eigenvalue weighted by Crippen LogP contribution is 2.19. The van der Waals surface area contributed by atoms with Crippen molar-refractivity contribution < 1.29 is 12.9 Å². The molecule has 1 N–H and O–H groups in total. The molecule has 1 fully saturated rings. The number of hydrogen-bond donors (Lipinski definition) is 1. The van der Waals surface area contributed by atoms with Crippen molar-refractivity contribution in [3.05, 3.63) is 17.0 Å². The van der Waals surface area contributed by atoms with Gasteiger partial charge < -0.3 is 4.52 Å². The zero-order valence-electron chi connectivity index (χ0n) is 13.1. The van der Waals surface area contributed by atoms with Crippen molar-refractivity contribution in [2.24, 2.45) is 0 Å². The van der Waals surface area contributed by atoms with Gasteiger partial charge in [-0.15, -0.1) is 0 Å². The highest BCUT2D eigenvalue weighted by atomic mass is 32.2. The van der Waals surface area contributed by atoms with Gasteiger partial charge in [-0.25, -0.2) is 13.1 Å². The standard InChI is InChI=1S/C14H25N3O3S/c1-4-9-21(18,19)16-13-5-7-17(8-6-13)10-14-11(2)15-20-12(14)3/h13,16H,4-10H2,1-3H3. The highest BCUT2D eigenvalue weighted by molar-refractivity contribution is 7.89. The zero-order valence-corrected chi connectivity index (χ0v) is 13.9. The molecule has 0 atom stereocenters. The molecule has 1 aromatic rings. The van der Waals surface area contributed by atoms with Gasteiger partial charge >= 0.3 is 0 Å². The van der Waals surface area contributed by atoms with Crippen molar-refractivity contribution in [2.45, 2.75) is 52.6 Å². The normalized spacial score (nSPS) is 18.2. The third-order valence-electron chi connectivity index (χ3n) is 3.97. The lowest BCUT2D eigenvalue weighted by atomic mass is 10.1. The first-order valence-electron chi connectivity index (χ1n) is 7.55. The summed E-state index contributed by atoms with van der Waals surface area (Å²) in [5.74, 6) is 1.09. The number of rotatable bonds is 6. The summed E-state index contributed by atoms with van der Waals surface area (Å²) in [6.07, 6.45) is 2.36. The van der Waals surface area contributed by atoms with Crippen LogP contribution in [-0.2, 0) is 16.6 Å². The molecule has 0 radical (unpaired) electrons. The minimum Gasteiger partial charge on any atom is -0.361 e. The molecular weight excluding hydrogens is 290 g/mol. The summed E-state index contributed by atoms with van der Waals surface area (Å²) in [5.41, 5.74) is 2.10. The number of sulfonamides is 1. The maximum absolute atomic E-state index is 11.8. The van der Waals surface area contributed by atoms with E-state index in [1.54, 1.807) is 0 Å². The minimum absolute atomic E-state index is 0.0717. The monoisotopic (exact) mass is 315 g/mol. The Bertz CT molecular complexity index is 541. The molecule has 6 nitrogen and oxygen atoms in total. The second-order valence-corrected chi connectivity index (χ2v) is 7.66. The first kappa shape index (κ1) is 16.5. The molecular formula is C14H25N3O3S. The molecule has 2 heterocycles. The van der Waals surface area contributed by atoms with Crippen molar-refractivity contribution >= 4 is 10.0 Å². The summed E-state index contributed by atoms with van der Waals surface area (Å²) < 4.78 is 31.6. The van der Waals surface area contributed by atoms with E-state index in [0.717, 1.165) is 49.5 Å². The lowest BCUT2D eigenvalue weighted by molar-refractivity contribution is 0.198. The summed E-state index contributed by atoms with van der Waals surface area (Å²) in [6.45, 7) is 8.38. The van der Waals surface area contributed by atoms with Gasteiger partial charge in [0.05, 0.1) is 11.4 Å². The summed E-state index contributed by atoms with van der Waals surface area (Å²) in [5, 5.41) is 3.97. The van der Waals surface area contributed by atoms with Crippen LogP contribution < -0.4 is 4.72 Å². The lowest BCUT2D eigenvalue weighted by Gasteiger charge is -2.32. The van der Waals surface area contributed by atoms with Gasteiger partial charge in [0.15, 0.2) is 0 Å². The summed E-state index contributed by atoms with van der Waals surface area (Å²) in [4.78, 5) is 2.33. The van der Waals surface area contributed by atoms with Gasteiger partial charge in [-0.1, -0.05) is 12.1 Å². The van der Waals surface area contributed by atoms with E-state index in [4.69, 9.17) is 4.52 Å². The quantitative estimate of drug-likeness (QED) is 0.862. The van der Waals surface area contributed by atoms with Crippen molar-refractivity contribution in [3.63, 3.8) is 0 Å². The largest absolute Gasteiger partial charge is 0.361 e. The van der Waals surface area contributed by atoms with Crippen LogP contribution in [0.15, 0.2) is 4.52 Å². The molecule has 0 bridgehead atoms. The van der Waals surface area contributed by atoms with E-state index in [1.165, 1.54) is 0 Å². The highest BCUT2D eigenvalue weighted by Gasteiger charge is 2.24. The molecule has 21 heavy (non-hydrogen) atoms. The Morgan fingerprint density at radius 2 is 2.00 bits per heavy atom. The molecule has 0 amide bonds. The first-order chi connectivity index (χ1) is 9.91. The molecule has 7 heteroatoms. The van der Waals surface area contributed by atoms with Crippen molar-refractivity contribution in [2.75, 3.05) is 18.8 Å². The van der Waals surface area contributed by atoms with E-state index < -0.39 is 10.0 Å². The van der Waals surface area contributed by atoms with Gasteiger partial charge in [-0.3, -0.25) is 4.90 Å². The molecule has 0 aliphatic carbocycles. The Hall–Kier alpha value is -0.920. The van der Waals surface area contributed by atoms with Crippen LogP contribution >= 0.6 is 0 Å². The molecule has 0 spiro atoms. The van der Waals surface area contributed by atoms with E-state index >= 15 is 0 Å². The van der Waals surface area contributed by atoms with Crippen LogP contribution in [0.2, 0.25) is 0 Å². The average molecular weight is 315 g/mol. The summed E-state index contributed by atoms with van der Waals surface area (Å²) in [7, 11) is -3.11. The molecule has 1 aliphatic heterocycles. The molecule has 0 aromatic carbocycles. The van der Waals surface area contributed by atoms with E-state index in [2.05, 4.69) is 14.8 Å². The third-order valence-corrected chi connectivity index (χ3v) is 5.61. The maximum Gasteiger partial charge on any atom is 0.211 e. The van der Waals surface area contributed by atoms with Gasteiger partial charge in [0.2, 0.25) is 10.0 Å². The van der Waals surface area contributed by atoms with Gasteiger partial charge in [0.25, 0.3) is 0 Å². The van der Waals surface area contributed by atoms with E-state index in [-0.39, 0.29) is 11.8 Å². The van der Waals surface area contributed by atoms with Gasteiger partial charge in [0.1, 0.15) is 5.76 Å². The predicted octanol–water partition coefficient (Wildman–Crippen LogP) is 1.59. The van der Waals surface area contributed by atoms with Crippen molar-refractivity contribution in [1.82, 2.24) is 14.8 Å². The Morgan fingerprint density at radius 1 is 1.33 bits per heavy atom. The number of aromatic nitrogens is 1. The summed E-state index contributed by atoms with van der Waals surface area (Å²) in [6, 6.07) is 0.0717. The van der Waals surface area contributed by atoms with E-state index in [1.807, 2.05) is 20.8 Å². The number of nitrogens with one attached hydrogen (secondary N) is 1. The predicted molar refractivity (Wildman–Crippen MR) is 81.5 cm³/mol. The van der Waals surface area contributed by atoms with Crippen molar-refractivity contribution in [3.8, 4) is 0 Å². The second-order valence-electron chi connectivity index (χ2n) is 5.79. The Kier molecular flexibility index (Phi) is 5.40. The number of piperidine rings is 1. The lowest BCUT2D eigenvalue weighted by Crippen LogP contribution is -2.44. The Balaban J connectivity index is 1.84. The van der Waals surface area contributed by atoms with Gasteiger partial charge in [-0.2, -0.15) is 0 Å². The number of hydrogen-bond acceptors (Lipinski definition) is 5. The van der Waals surface area contributed by atoms with Crippen LogP contribution in [0.5, 0.6) is 0 Å². The Morgan fingerprint density at radius 3 is 2.52 bits per heavy atom. The van der Waals surface area contributed by atoms with E-state index in [9.17, 15) is 8.42 Å². The topological polar surface area (TPSA) is 75.4 Å². The van der Waals surface area contributed by atoms with Gasteiger partial charge in [-0.05, 0) is 33.1 Å². The summed E-state index contributed by atoms with van der Waals surface area (Å²) >= 11 is 0. The number of likely N-dealkylation sites (tertiary alicyclic amines) is 1. The molecule has 1 aromatic heterocycles. The minimum atomic E-state index is -3.11. The van der Waals surface area contributed by atoms with Crippen LogP contribution in [0, 0.1) is 13.8 Å².